The fourth-order valence-corrected chi connectivity index (χ4v) is 7.07. The number of esters is 2. The summed E-state index contributed by atoms with van der Waals surface area (Å²) in [6, 6.07) is 0. The molecule has 0 aromatic carbocycles. The highest BCUT2D eigenvalue weighted by molar-refractivity contribution is 7.45. The van der Waals surface area contributed by atoms with Gasteiger partial charge in [-0.25, -0.2) is 0 Å². The van der Waals surface area contributed by atoms with Crippen molar-refractivity contribution in [3.8, 4) is 0 Å². The molecule has 362 valence electrons. The molecule has 10 heteroatoms. The Morgan fingerprint density at radius 3 is 1.35 bits per heavy atom. The first-order chi connectivity index (χ1) is 30.5. The van der Waals surface area contributed by atoms with Crippen molar-refractivity contribution in [2.24, 2.45) is 0 Å². The number of phosphoric ester groups is 1. The van der Waals surface area contributed by atoms with E-state index in [9.17, 15) is 19.0 Å². The van der Waals surface area contributed by atoms with Gasteiger partial charge >= 0.3 is 11.9 Å². The zero-order valence-electron chi connectivity index (χ0n) is 40.7. The normalized spacial score (nSPS) is 14.2. The lowest BCUT2D eigenvalue weighted by Gasteiger charge is -2.28. The molecule has 0 spiro atoms. The number of rotatable bonds is 44. The fourth-order valence-electron chi connectivity index (χ4n) is 6.34. The molecule has 0 saturated heterocycles. The van der Waals surface area contributed by atoms with Crippen LogP contribution in [0.5, 0.6) is 0 Å². The third-order valence-corrected chi connectivity index (χ3v) is 11.1. The Morgan fingerprint density at radius 2 is 0.905 bits per heavy atom. The Labute approximate surface area is 386 Å². The molecule has 0 heterocycles. The van der Waals surface area contributed by atoms with Gasteiger partial charge in [0, 0.05) is 12.8 Å². The van der Waals surface area contributed by atoms with Crippen LogP contribution in [-0.4, -0.2) is 70.0 Å². The number of carbonyl (C=O) groups is 2. The van der Waals surface area contributed by atoms with Crippen molar-refractivity contribution in [3.05, 3.63) is 85.1 Å². The Bertz CT molecular complexity index is 1340. The van der Waals surface area contributed by atoms with Gasteiger partial charge in [0.05, 0.1) is 27.7 Å². The summed E-state index contributed by atoms with van der Waals surface area (Å²) < 4.78 is 33.9. The standard InChI is InChI=1S/C53H92NO8P/c1-6-8-10-12-14-16-17-18-19-20-21-22-23-24-25-26-27-28-29-30-31-32-33-34-35-36-37-38-40-42-44-46-53(56)62-51(50-61-63(57,58)60-48-47-54(3,4)5)49-59-52(55)45-43-41-39-15-13-11-9-7-2/h8,10,14,16,18-19,21-22,24-25,27-28,30-31,51H,6-7,9,11-13,15,17,20,23,26,29,32-50H2,1-5H3/b10-8-,16-14-,19-18-,22-21-,25-24-,28-27-,31-30-. The molecule has 0 N–H and O–H groups in total. The molecular weight excluding hydrogens is 810 g/mol. The molecule has 0 bridgehead atoms. The minimum absolute atomic E-state index is 0.0350. The van der Waals surface area contributed by atoms with Crippen LogP contribution < -0.4 is 4.89 Å². The largest absolute Gasteiger partial charge is 0.756 e. The molecule has 0 saturated carbocycles. The second-order valence-electron chi connectivity index (χ2n) is 17.5. The molecule has 9 nitrogen and oxygen atoms in total. The van der Waals surface area contributed by atoms with E-state index in [1.807, 2.05) is 21.1 Å². The van der Waals surface area contributed by atoms with E-state index in [-0.39, 0.29) is 26.1 Å². The van der Waals surface area contributed by atoms with Gasteiger partial charge in [0.15, 0.2) is 6.10 Å². The molecule has 0 radical (unpaired) electrons. The Morgan fingerprint density at radius 1 is 0.508 bits per heavy atom. The van der Waals surface area contributed by atoms with Crippen molar-refractivity contribution in [3.63, 3.8) is 0 Å². The average Bonchev–Trinajstić information content (AvgIpc) is 3.24. The van der Waals surface area contributed by atoms with Gasteiger partial charge < -0.3 is 27.9 Å². The van der Waals surface area contributed by atoms with Gasteiger partial charge in [0.2, 0.25) is 0 Å². The molecule has 0 amide bonds. The zero-order valence-corrected chi connectivity index (χ0v) is 41.6. The molecule has 0 aliphatic carbocycles. The third-order valence-electron chi connectivity index (χ3n) is 10.2. The van der Waals surface area contributed by atoms with E-state index in [0.29, 0.717) is 17.4 Å². The van der Waals surface area contributed by atoms with Crippen molar-refractivity contribution < 1.29 is 42.1 Å². The summed E-state index contributed by atoms with van der Waals surface area (Å²) >= 11 is 0. The summed E-state index contributed by atoms with van der Waals surface area (Å²) in [4.78, 5) is 37.5. The number of hydrogen-bond acceptors (Lipinski definition) is 8. The highest BCUT2D eigenvalue weighted by Crippen LogP contribution is 2.38. The summed E-state index contributed by atoms with van der Waals surface area (Å²) in [6.45, 7) is 4.06. The van der Waals surface area contributed by atoms with Gasteiger partial charge in [0.25, 0.3) is 7.82 Å². The lowest BCUT2D eigenvalue weighted by atomic mass is 10.1. The molecule has 0 fully saturated rings. The lowest BCUT2D eigenvalue weighted by molar-refractivity contribution is -0.870. The summed E-state index contributed by atoms with van der Waals surface area (Å²) in [5.41, 5.74) is 0. The summed E-state index contributed by atoms with van der Waals surface area (Å²) in [5, 5.41) is 0. The van der Waals surface area contributed by atoms with E-state index in [1.165, 1.54) is 64.2 Å². The molecule has 0 aliphatic rings. The second-order valence-corrected chi connectivity index (χ2v) is 18.9. The molecule has 2 atom stereocenters. The molecule has 0 aromatic heterocycles. The first-order valence-corrected chi connectivity index (χ1v) is 26.3. The van der Waals surface area contributed by atoms with Crippen LogP contribution in [0.15, 0.2) is 85.1 Å². The van der Waals surface area contributed by atoms with Crippen molar-refractivity contribution in [1.82, 2.24) is 0 Å². The van der Waals surface area contributed by atoms with Crippen LogP contribution in [0, 0.1) is 0 Å². The molecule has 63 heavy (non-hydrogen) atoms. The van der Waals surface area contributed by atoms with Crippen molar-refractivity contribution in [2.75, 3.05) is 47.5 Å². The van der Waals surface area contributed by atoms with E-state index in [0.717, 1.165) is 89.9 Å². The molecular formula is C53H92NO8P. The maximum atomic E-state index is 12.7. The van der Waals surface area contributed by atoms with Gasteiger partial charge in [-0.05, 0) is 70.6 Å². The SMILES string of the molecule is CC/C=C\C/C=C\C/C=C\C/C=C\C/C=C\C/C=C\C/C=C\CCCCCCCCCCCC(=O)OC(COC(=O)CCCCCCCCCC)COP(=O)([O-])OCC[N+](C)(C)C. The van der Waals surface area contributed by atoms with E-state index in [4.69, 9.17) is 18.5 Å². The Balaban J connectivity index is 4.12. The first kappa shape index (κ1) is 60.2. The topological polar surface area (TPSA) is 111 Å². The number of unbranched alkanes of at least 4 members (excludes halogenated alkanes) is 16. The predicted octanol–water partition coefficient (Wildman–Crippen LogP) is 14.1. The smallest absolute Gasteiger partial charge is 0.306 e. The van der Waals surface area contributed by atoms with Crippen LogP contribution in [0.2, 0.25) is 0 Å². The monoisotopic (exact) mass is 902 g/mol. The molecule has 0 rings (SSSR count). The van der Waals surface area contributed by atoms with Crippen LogP contribution in [0.4, 0.5) is 0 Å². The molecule has 0 aromatic rings. The fraction of sp³-hybridized carbons (Fsp3) is 0.698. The van der Waals surface area contributed by atoms with Crippen LogP contribution in [0.3, 0.4) is 0 Å². The quantitative estimate of drug-likeness (QED) is 0.0195. The predicted molar refractivity (Wildman–Crippen MR) is 263 cm³/mol. The number of quaternary nitrogens is 1. The maximum Gasteiger partial charge on any atom is 0.306 e. The van der Waals surface area contributed by atoms with Gasteiger partial charge in [-0.15, -0.1) is 0 Å². The van der Waals surface area contributed by atoms with E-state index >= 15 is 0 Å². The number of nitrogens with zero attached hydrogens (tertiary/aromatic N) is 1. The molecule has 0 aliphatic heterocycles. The zero-order chi connectivity index (χ0) is 46.4. The van der Waals surface area contributed by atoms with Gasteiger partial charge in [-0.3, -0.25) is 14.2 Å². The number of phosphoric acid groups is 1. The lowest BCUT2D eigenvalue weighted by Crippen LogP contribution is -2.37. The van der Waals surface area contributed by atoms with Gasteiger partial charge in [-0.1, -0.05) is 189 Å². The average molecular weight is 902 g/mol. The number of carbonyl (C=O) groups excluding carboxylic acids is 2. The number of hydrogen-bond donors (Lipinski definition) is 0. The van der Waals surface area contributed by atoms with E-state index in [2.05, 4.69) is 98.9 Å². The van der Waals surface area contributed by atoms with E-state index < -0.39 is 32.5 Å². The first-order valence-electron chi connectivity index (χ1n) is 24.8. The number of likely N-dealkylation sites (N-methyl/N-ethyl adjacent to an activating group) is 1. The Kier molecular flexibility index (Phi) is 42.4. The van der Waals surface area contributed by atoms with Crippen molar-refractivity contribution in [1.29, 1.82) is 0 Å². The highest BCUT2D eigenvalue weighted by atomic mass is 31.2. The van der Waals surface area contributed by atoms with Crippen LogP contribution >= 0.6 is 7.82 Å². The molecule has 2 unspecified atom stereocenters. The van der Waals surface area contributed by atoms with Gasteiger partial charge in [-0.2, -0.15) is 0 Å². The van der Waals surface area contributed by atoms with Crippen LogP contribution in [0.1, 0.15) is 187 Å². The second kappa shape index (κ2) is 44.4. The van der Waals surface area contributed by atoms with Crippen LogP contribution in [-0.2, 0) is 32.7 Å². The summed E-state index contributed by atoms with van der Waals surface area (Å²) in [6.07, 6.45) is 57.8. The minimum Gasteiger partial charge on any atom is -0.756 e. The highest BCUT2D eigenvalue weighted by Gasteiger charge is 2.21. The maximum absolute atomic E-state index is 12.7. The number of ether oxygens (including phenoxy) is 2. The van der Waals surface area contributed by atoms with Crippen molar-refractivity contribution >= 4 is 19.8 Å². The van der Waals surface area contributed by atoms with Crippen molar-refractivity contribution in [2.45, 2.75) is 193 Å². The minimum atomic E-state index is -4.63. The summed E-state index contributed by atoms with van der Waals surface area (Å²) in [5.74, 6) is -0.850. The van der Waals surface area contributed by atoms with Gasteiger partial charge in [0.1, 0.15) is 19.8 Å². The van der Waals surface area contributed by atoms with Crippen LogP contribution in [0.25, 0.3) is 0 Å². The van der Waals surface area contributed by atoms with E-state index in [1.54, 1.807) is 0 Å². The summed E-state index contributed by atoms with van der Waals surface area (Å²) in [7, 11) is 1.15. The number of allylic oxidation sites excluding steroid dienone is 14. The Hall–Kier alpha value is -2.81. The third kappa shape index (κ3) is 48.5.